The molecule has 0 fully saturated rings. The fourth-order valence-electron chi connectivity index (χ4n) is 1.45. The number of Topliss-reactive ketones (excluding diaryl/α,β-unsaturated/α-hetero) is 1. The van der Waals surface area contributed by atoms with Gasteiger partial charge >= 0.3 is 5.97 Å². The fourth-order valence-corrected chi connectivity index (χ4v) is 2.66. The molecule has 0 radical (unpaired) electrons. The molecule has 0 amide bonds. The normalized spacial score (nSPS) is 12.9. The molecular weight excluding hydrogens is 329 g/mol. The molecule has 0 aliphatic heterocycles. The number of hydrogen-bond acceptors (Lipinski definition) is 4. The first-order valence-electron chi connectivity index (χ1n) is 5.28. The first kappa shape index (κ1) is 16.9. The van der Waals surface area contributed by atoms with E-state index in [4.69, 9.17) is 28.3 Å². The third-order valence-corrected chi connectivity index (χ3v) is 3.54. The molecule has 110 valence electrons. The minimum Gasteiger partial charge on any atom is -0.480 e. The number of aliphatic carboxylic acids is 1. The van der Waals surface area contributed by atoms with Crippen LogP contribution >= 0.6 is 23.2 Å². The van der Waals surface area contributed by atoms with Crippen LogP contribution in [0.15, 0.2) is 18.2 Å². The quantitative estimate of drug-likeness (QED) is 0.766. The van der Waals surface area contributed by atoms with Gasteiger partial charge in [-0.3, -0.25) is 9.59 Å². The summed E-state index contributed by atoms with van der Waals surface area (Å²) in [5.74, 6) is -2.05. The zero-order valence-electron chi connectivity index (χ0n) is 10.3. The van der Waals surface area contributed by atoms with Gasteiger partial charge in [0.1, 0.15) is 6.04 Å². The third-order valence-electron chi connectivity index (χ3n) is 2.28. The monoisotopic (exact) mass is 339 g/mol. The molecule has 1 aromatic carbocycles. The maximum atomic E-state index is 12.0. The Morgan fingerprint density at radius 3 is 2.40 bits per heavy atom. The van der Waals surface area contributed by atoms with Crippen LogP contribution in [-0.4, -0.2) is 37.6 Å². The van der Waals surface area contributed by atoms with E-state index in [1.807, 2.05) is 4.72 Å². The van der Waals surface area contributed by atoms with Gasteiger partial charge in [-0.25, -0.2) is 13.1 Å². The first-order valence-corrected chi connectivity index (χ1v) is 7.93. The second kappa shape index (κ2) is 6.53. The van der Waals surface area contributed by atoms with Gasteiger partial charge in [0.25, 0.3) is 0 Å². The lowest BCUT2D eigenvalue weighted by atomic mass is 10.0. The molecule has 0 bridgehead atoms. The summed E-state index contributed by atoms with van der Waals surface area (Å²) in [6.45, 7) is 0. The smallest absolute Gasteiger partial charge is 0.322 e. The van der Waals surface area contributed by atoms with Gasteiger partial charge in [-0.1, -0.05) is 23.2 Å². The SMILES string of the molecule is CS(=O)(=O)NC(CC(=O)c1ccc(Cl)cc1Cl)C(=O)O. The number of sulfonamides is 1. The highest BCUT2D eigenvalue weighted by Crippen LogP contribution is 2.22. The number of carboxylic acids is 1. The molecular formula is C11H11Cl2NO5S. The minimum atomic E-state index is -3.75. The molecule has 1 atom stereocenters. The Bertz CT molecular complexity index is 644. The van der Waals surface area contributed by atoms with E-state index in [-0.39, 0.29) is 10.6 Å². The lowest BCUT2D eigenvalue weighted by molar-refractivity contribution is -0.138. The van der Waals surface area contributed by atoms with Crippen molar-refractivity contribution in [1.29, 1.82) is 0 Å². The highest BCUT2D eigenvalue weighted by atomic mass is 35.5. The topological polar surface area (TPSA) is 101 Å². The van der Waals surface area contributed by atoms with Crippen molar-refractivity contribution in [2.75, 3.05) is 6.26 Å². The van der Waals surface area contributed by atoms with Crippen molar-refractivity contribution < 1.29 is 23.1 Å². The average molecular weight is 340 g/mol. The number of halogens is 2. The van der Waals surface area contributed by atoms with Gasteiger partial charge in [0, 0.05) is 17.0 Å². The summed E-state index contributed by atoms with van der Waals surface area (Å²) >= 11 is 11.5. The van der Waals surface area contributed by atoms with Gasteiger partial charge in [-0.2, -0.15) is 0 Å². The van der Waals surface area contributed by atoms with Gasteiger partial charge in [0.15, 0.2) is 5.78 Å². The van der Waals surface area contributed by atoms with Crippen LogP contribution in [-0.2, 0) is 14.8 Å². The van der Waals surface area contributed by atoms with E-state index < -0.39 is 34.2 Å². The van der Waals surface area contributed by atoms with Crippen LogP contribution in [0.25, 0.3) is 0 Å². The molecule has 0 aliphatic rings. The maximum Gasteiger partial charge on any atom is 0.322 e. The standard InChI is InChI=1S/C11H11Cl2NO5S/c1-20(18,19)14-9(11(16)17)5-10(15)7-3-2-6(12)4-8(7)13/h2-4,9,14H,5H2,1H3,(H,16,17). The summed E-state index contributed by atoms with van der Waals surface area (Å²) in [6, 6.07) is 2.58. The van der Waals surface area contributed by atoms with E-state index in [1.165, 1.54) is 18.2 Å². The Balaban J connectivity index is 2.94. The molecule has 0 aromatic heterocycles. The Morgan fingerprint density at radius 1 is 1.35 bits per heavy atom. The van der Waals surface area contributed by atoms with Gasteiger partial charge < -0.3 is 5.11 Å². The Hall–Kier alpha value is -1.15. The summed E-state index contributed by atoms with van der Waals surface area (Å²) in [5.41, 5.74) is 0.0811. The number of carbonyl (C=O) groups is 2. The lowest BCUT2D eigenvalue weighted by Gasteiger charge is -2.12. The number of nitrogens with one attached hydrogen (secondary N) is 1. The van der Waals surface area contributed by atoms with Crippen molar-refractivity contribution in [3.05, 3.63) is 33.8 Å². The number of ketones is 1. The van der Waals surface area contributed by atoms with Crippen molar-refractivity contribution in [1.82, 2.24) is 4.72 Å². The second-order valence-corrected chi connectivity index (χ2v) is 6.66. The van der Waals surface area contributed by atoms with Crippen LogP contribution < -0.4 is 4.72 Å². The van der Waals surface area contributed by atoms with Gasteiger partial charge in [-0.15, -0.1) is 0 Å². The zero-order valence-corrected chi connectivity index (χ0v) is 12.6. The predicted molar refractivity (Wildman–Crippen MR) is 74.8 cm³/mol. The van der Waals surface area contributed by atoms with Crippen LogP contribution in [0.5, 0.6) is 0 Å². The summed E-state index contributed by atoms with van der Waals surface area (Å²) < 4.78 is 24.0. The highest BCUT2D eigenvalue weighted by molar-refractivity contribution is 7.88. The number of carboxylic acid groups (broad SMARTS) is 1. The van der Waals surface area contributed by atoms with Gasteiger partial charge in [-0.05, 0) is 18.2 Å². The zero-order chi connectivity index (χ0) is 15.5. The molecule has 6 nitrogen and oxygen atoms in total. The van der Waals surface area contributed by atoms with Crippen molar-refractivity contribution in [2.45, 2.75) is 12.5 Å². The van der Waals surface area contributed by atoms with Crippen molar-refractivity contribution in [2.24, 2.45) is 0 Å². The van der Waals surface area contributed by atoms with E-state index in [0.717, 1.165) is 6.26 Å². The van der Waals surface area contributed by atoms with Crippen LogP contribution in [0, 0.1) is 0 Å². The molecule has 9 heteroatoms. The van der Waals surface area contributed by atoms with E-state index in [1.54, 1.807) is 0 Å². The number of rotatable bonds is 6. The number of hydrogen-bond donors (Lipinski definition) is 2. The Morgan fingerprint density at radius 2 is 1.95 bits per heavy atom. The minimum absolute atomic E-state index is 0.0750. The summed E-state index contributed by atoms with van der Waals surface area (Å²) in [7, 11) is -3.75. The Kier molecular flexibility index (Phi) is 5.52. The molecule has 0 spiro atoms. The van der Waals surface area contributed by atoms with Crippen molar-refractivity contribution in [3.8, 4) is 0 Å². The molecule has 0 saturated heterocycles. The second-order valence-electron chi connectivity index (χ2n) is 4.03. The van der Waals surface area contributed by atoms with Crippen molar-refractivity contribution in [3.63, 3.8) is 0 Å². The highest BCUT2D eigenvalue weighted by Gasteiger charge is 2.25. The first-order chi connectivity index (χ1) is 9.10. The molecule has 0 aliphatic carbocycles. The Labute approximate surface area is 125 Å². The largest absolute Gasteiger partial charge is 0.480 e. The van der Waals surface area contributed by atoms with Crippen molar-refractivity contribution >= 4 is 45.0 Å². The molecule has 1 unspecified atom stereocenters. The number of benzene rings is 1. The van der Waals surface area contributed by atoms with E-state index >= 15 is 0 Å². The number of carbonyl (C=O) groups excluding carboxylic acids is 1. The van der Waals surface area contributed by atoms with E-state index in [0.29, 0.717) is 5.02 Å². The van der Waals surface area contributed by atoms with E-state index in [9.17, 15) is 18.0 Å². The maximum absolute atomic E-state index is 12.0. The average Bonchev–Trinajstić information content (AvgIpc) is 2.25. The van der Waals surface area contributed by atoms with Crippen LogP contribution in [0.3, 0.4) is 0 Å². The summed E-state index contributed by atoms with van der Waals surface area (Å²) in [4.78, 5) is 22.9. The third kappa shape index (κ3) is 5.09. The molecule has 0 saturated carbocycles. The van der Waals surface area contributed by atoms with Gasteiger partial charge in [0.05, 0.1) is 11.3 Å². The van der Waals surface area contributed by atoms with Crippen LogP contribution in [0.1, 0.15) is 16.8 Å². The van der Waals surface area contributed by atoms with Crippen LogP contribution in [0.4, 0.5) is 0 Å². The molecule has 20 heavy (non-hydrogen) atoms. The predicted octanol–water partition coefficient (Wildman–Crippen LogP) is 1.57. The van der Waals surface area contributed by atoms with Crippen LogP contribution in [0.2, 0.25) is 10.0 Å². The summed E-state index contributed by atoms with van der Waals surface area (Å²) in [6.07, 6.45) is 0.256. The van der Waals surface area contributed by atoms with Gasteiger partial charge in [0.2, 0.25) is 10.0 Å². The molecule has 1 aromatic rings. The van der Waals surface area contributed by atoms with E-state index in [2.05, 4.69) is 0 Å². The summed E-state index contributed by atoms with van der Waals surface area (Å²) in [5, 5.41) is 9.32. The molecule has 0 heterocycles. The lowest BCUT2D eigenvalue weighted by Crippen LogP contribution is -2.41. The fraction of sp³-hybridized carbons (Fsp3) is 0.273. The molecule has 2 N–H and O–H groups in total. The molecule has 1 rings (SSSR count).